The lowest BCUT2D eigenvalue weighted by molar-refractivity contribution is 0.449. The highest BCUT2D eigenvalue weighted by Gasteiger charge is 2.18. The zero-order valence-electron chi connectivity index (χ0n) is 8.77. The number of hydrazine groups is 1. The van der Waals surface area contributed by atoms with E-state index in [0.717, 1.165) is 16.9 Å². The predicted octanol–water partition coefficient (Wildman–Crippen LogP) is 0.874. The Labute approximate surface area is 87.8 Å². The third-order valence-corrected chi connectivity index (χ3v) is 2.39. The van der Waals surface area contributed by atoms with Crippen molar-refractivity contribution in [3.63, 3.8) is 0 Å². The van der Waals surface area contributed by atoms with E-state index in [4.69, 9.17) is 10.3 Å². The van der Waals surface area contributed by atoms with Crippen LogP contribution in [0.5, 0.6) is 0 Å². The fourth-order valence-corrected chi connectivity index (χ4v) is 1.59. The van der Waals surface area contributed by atoms with E-state index >= 15 is 0 Å². The third kappa shape index (κ3) is 1.79. The van der Waals surface area contributed by atoms with Gasteiger partial charge < -0.3 is 4.42 Å². The number of nitrogens with zero attached hydrogens (tertiary/aromatic N) is 2. The van der Waals surface area contributed by atoms with Gasteiger partial charge in [0.05, 0.1) is 12.5 Å². The van der Waals surface area contributed by atoms with Crippen LogP contribution in [0.4, 0.5) is 0 Å². The first-order valence-electron chi connectivity index (χ1n) is 4.71. The smallest absolute Gasteiger partial charge is 0.129 e. The second kappa shape index (κ2) is 3.88. The van der Waals surface area contributed by atoms with Crippen molar-refractivity contribution >= 4 is 0 Å². The zero-order chi connectivity index (χ0) is 10.8. The second-order valence-electron chi connectivity index (χ2n) is 3.51. The molecule has 80 valence electrons. The Bertz CT molecular complexity index is 446. The van der Waals surface area contributed by atoms with E-state index in [2.05, 4.69) is 10.5 Å². The molecule has 3 N–H and O–H groups in total. The minimum atomic E-state index is -0.145. The number of furan rings is 1. The third-order valence-electron chi connectivity index (χ3n) is 2.39. The van der Waals surface area contributed by atoms with Gasteiger partial charge in [-0.25, -0.2) is 5.43 Å². The molecule has 0 fully saturated rings. The molecule has 15 heavy (non-hydrogen) atoms. The summed E-state index contributed by atoms with van der Waals surface area (Å²) in [5.74, 6) is 6.35. The van der Waals surface area contributed by atoms with Crippen molar-refractivity contribution in [2.45, 2.75) is 13.0 Å². The van der Waals surface area contributed by atoms with Crippen LogP contribution < -0.4 is 11.3 Å². The van der Waals surface area contributed by atoms with Crippen LogP contribution >= 0.6 is 0 Å². The highest BCUT2D eigenvalue weighted by molar-refractivity contribution is 5.27. The molecule has 0 amide bonds. The van der Waals surface area contributed by atoms with Crippen LogP contribution in [0.2, 0.25) is 0 Å². The molecule has 2 aromatic rings. The summed E-state index contributed by atoms with van der Waals surface area (Å²) in [6, 6.07) is 1.77. The lowest BCUT2D eigenvalue weighted by atomic mass is 10.1. The number of hydrogen-bond donors (Lipinski definition) is 2. The molecule has 2 heterocycles. The maximum absolute atomic E-state index is 5.53. The van der Waals surface area contributed by atoms with Gasteiger partial charge in [-0.1, -0.05) is 0 Å². The minimum Gasteiger partial charge on any atom is -0.467 e. The molecule has 0 bridgehead atoms. The topological polar surface area (TPSA) is 69.0 Å². The highest BCUT2D eigenvalue weighted by atomic mass is 16.3. The molecule has 0 radical (unpaired) electrons. The van der Waals surface area contributed by atoms with Crippen LogP contribution in [0.15, 0.2) is 29.1 Å². The number of nitrogens with two attached hydrogens (primary N) is 1. The summed E-state index contributed by atoms with van der Waals surface area (Å²) < 4.78 is 7.14. The Kier molecular flexibility index (Phi) is 2.57. The second-order valence-corrected chi connectivity index (χ2v) is 3.51. The summed E-state index contributed by atoms with van der Waals surface area (Å²) in [5, 5.41) is 4.10. The average Bonchev–Trinajstić information content (AvgIpc) is 2.79. The molecule has 2 aromatic heterocycles. The molecule has 5 heteroatoms. The Morgan fingerprint density at radius 3 is 2.87 bits per heavy atom. The van der Waals surface area contributed by atoms with Gasteiger partial charge in [-0.05, 0) is 18.6 Å². The summed E-state index contributed by atoms with van der Waals surface area (Å²) in [4.78, 5) is 0. The van der Waals surface area contributed by atoms with Crippen molar-refractivity contribution < 1.29 is 4.42 Å². The Morgan fingerprint density at radius 1 is 1.60 bits per heavy atom. The number of aryl methyl sites for hydroxylation is 2. The van der Waals surface area contributed by atoms with Crippen LogP contribution in [-0.4, -0.2) is 9.78 Å². The lowest BCUT2D eigenvalue weighted by Gasteiger charge is -2.12. The van der Waals surface area contributed by atoms with Crippen molar-refractivity contribution in [2.24, 2.45) is 12.9 Å². The van der Waals surface area contributed by atoms with Gasteiger partial charge in [0.25, 0.3) is 0 Å². The van der Waals surface area contributed by atoms with Gasteiger partial charge in [0.1, 0.15) is 11.8 Å². The molecule has 0 aliphatic rings. The van der Waals surface area contributed by atoms with Gasteiger partial charge in [0, 0.05) is 18.8 Å². The largest absolute Gasteiger partial charge is 0.467 e. The van der Waals surface area contributed by atoms with E-state index in [9.17, 15) is 0 Å². The van der Waals surface area contributed by atoms with Crippen molar-refractivity contribution in [3.8, 4) is 0 Å². The molecule has 1 unspecified atom stereocenters. The zero-order valence-corrected chi connectivity index (χ0v) is 8.77. The van der Waals surface area contributed by atoms with Gasteiger partial charge in [0.2, 0.25) is 0 Å². The normalized spacial score (nSPS) is 13.0. The highest BCUT2D eigenvalue weighted by Crippen LogP contribution is 2.24. The molecule has 0 saturated carbocycles. The van der Waals surface area contributed by atoms with Crippen molar-refractivity contribution in [3.05, 3.63) is 41.6 Å². The van der Waals surface area contributed by atoms with E-state index in [0.29, 0.717) is 0 Å². The molecule has 0 aliphatic carbocycles. The number of rotatable bonds is 3. The van der Waals surface area contributed by atoms with E-state index in [1.165, 1.54) is 0 Å². The summed E-state index contributed by atoms with van der Waals surface area (Å²) >= 11 is 0. The monoisotopic (exact) mass is 206 g/mol. The molecular formula is C10H14N4O. The van der Waals surface area contributed by atoms with Crippen LogP contribution in [0.1, 0.15) is 22.9 Å². The molecular weight excluding hydrogens is 192 g/mol. The summed E-state index contributed by atoms with van der Waals surface area (Å²) in [6.45, 7) is 1.99. The van der Waals surface area contributed by atoms with Crippen LogP contribution in [0, 0.1) is 6.92 Å². The number of aromatic nitrogens is 2. The first-order chi connectivity index (χ1) is 7.22. The van der Waals surface area contributed by atoms with Crippen LogP contribution in [0.3, 0.4) is 0 Å². The van der Waals surface area contributed by atoms with E-state index in [-0.39, 0.29) is 6.04 Å². The summed E-state index contributed by atoms with van der Waals surface area (Å²) in [7, 11) is 1.87. The average molecular weight is 206 g/mol. The van der Waals surface area contributed by atoms with Crippen LogP contribution in [-0.2, 0) is 7.05 Å². The predicted molar refractivity (Wildman–Crippen MR) is 55.8 cm³/mol. The van der Waals surface area contributed by atoms with Gasteiger partial charge in [-0.3, -0.25) is 10.5 Å². The standard InChI is InChI=1S/C10H14N4O/c1-7-3-4-15-10(7)9(13-11)8-5-12-14(2)6-8/h3-6,9,13H,11H2,1-2H3. The van der Waals surface area contributed by atoms with Crippen molar-refractivity contribution in [1.82, 2.24) is 15.2 Å². The fraction of sp³-hybridized carbons (Fsp3) is 0.300. The van der Waals surface area contributed by atoms with Gasteiger partial charge in [-0.2, -0.15) is 5.10 Å². The lowest BCUT2D eigenvalue weighted by Crippen LogP contribution is -2.28. The maximum Gasteiger partial charge on any atom is 0.129 e. The molecule has 0 aromatic carbocycles. The Balaban J connectivity index is 2.36. The molecule has 0 aliphatic heterocycles. The number of hydrogen-bond acceptors (Lipinski definition) is 4. The first-order valence-corrected chi connectivity index (χ1v) is 4.71. The minimum absolute atomic E-state index is 0.145. The van der Waals surface area contributed by atoms with Gasteiger partial charge in [0.15, 0.2) is 0 Å². The first kappa shape index (κ1) is 9.95. The number of nitrogens with one attached hydrogen (secondary N) is 1. The Morgan fingerprint density at radius 2 is 2.40 bits per heavy atom. The summed E-state index contributed by atoms with van der Waals surface area (Å²) in [6.07, 6.45) is 5.34. The van der Waals surface area contributed by atoms with Gasteiger partial charge >= 0.3 is 0 Å². The van der Waals surface area contributed by atoms with Crippen molar-refractivity contribution in [2.75, 3.05) is 0 Å². The van der Waals surface area contributed by atoms with E-state index in [1.54, 1.807) is 17.1 Å². The van der Waals surface area contributed by atoms with E-state index < -0.39 is 0 Å². The SMILES string of the molecule is Cc1ccoc1C(NN)c1cnn(C)c1. The van der Waals surface area contributed by atoms with Crippen LogP contribution in [0.25, 0.3) is 0 Å². The summed E-state index contributed by atoms with van der Waals surface area (Å²) in [5.41, 5.74) is 4.78. The fourth-order valence-electron chi connectivity index (χ4n) is 1.59. The molecule has 5 nitrogen and oxygen atoms in total. The quantitative estimate of drug-likeness (QED) is 0.577. The molecule has 0 spiro atoms. The molecule has 2 rings (SSSR count). The Hall–Kier alpha value is -1.59. The van der Waals surface area contributed by atoms with Gasteiger partial charge in [-0.15, -0.1) is 0 Å². The maximum atomic E-state index is 5.53. The molecule has 0 saturated heterocycles. The van der Waals surface area contributed by atoms with Crippen molar-refractivity contribution in [1.29, 1.82) is 0 Å². The van der Waals surface area contributed by atoms with E-state index in [1.807, 2.05) is 26.2 Å². The molecule has 1 atom stereocenters.